The first-order valence-electron chi connectivity index (χ1n) is 11.3. The van der Waals surface area contributed by atoms with Gasteiger partial charge in [-0.25, -0.2) is 14.4 Å². The summed E-state index contributed by atoms with van der Waals surface area (Å²) in [5, 5.41) is 12.3. The Balaban J connectivity index is 1.52. The topological polar surface area (TPSA) is 75.1 Å². The third-order valence-corrected chi connectivity index (χ3v) is 6.06. The smallest absolute Gasteiger partial charge is 0.229 e. The summed E-state index contributed by atoms with van der Waals surface area (Å²) >= 11 is 0. The average Bonchev–Trinajstić information content (AvgIpc) is 2.81. The molecule has 1 saturated carbocycles. The maximum absolute atomic E-state index is 13.3. The lowest BCUT2D eigenvalue weighted by Gasteiger charge is -2.21. The third-order valence-electron chi connectivity index (χ3n) is 6.06. The van der Waals surface area contributed by atoms with Crippen LogP contribution in [0.3, 0.4) is 0 Å². The van der Waals surface area contributed by atoms with Crippen molar-refractivity contribution in [2.45, 2.75) is 51.4 Å². The van der Waals surface area contributed by atoms with Gasteiger partial charge in [0.15, 0.2) is 5.82 Å². The van der Waals surface area contributed by atoms with Crippen LogP contribution < -0.4 is 5.32 Å². The highest BCUT2D eigenvalue weighted by atomic mass is 19.1. The van der Waals surface area contributed by atoms with Gasteiger partial charge < -0.3 is 10.4 Å². The van der Waals surface area contributed by atoms with Gasteiger partial charge >= 0.3 is 0 Å². The third kappa shape index (κ3) is 5.90. The molecule has 166 valence electrons. The monoisotopic (exact) mass is 433 g/mol. The van der Waals surface area contributed by atoms with Crippen molar-refractivity contribution < 1.29 is 14.3 Å². The number of phenolic OH excluding ortho intramolecular Hbond substituents is 1. The van der Waals surface area contributed by atoms with E-state index in [1.54, 1.807) is 42.6 Å². The zero-order valence-corrected chi connectivity index (χ0v) is 18.1. The number of aromatic hydroxyl groups is 1. The molecular weight excluding hydrogens is 405 g/mol. The molecule has 2 aromatic carbocycles. The molecule has 1 aromatic heterocycles. The van der Waals surface area contributed by atoms with Crippen LogP contribution >= 0.6 is 0 Å². The minimum Gasteiger partial charge on any atom is -0.508 e. The van der Waals surface area contributed by atoms with Crippen molar-refractivity contribution in [2.75, 3.05) is 5.32 Å². The molecule has 0 atom stereocenters. The van der Waals surface area contributed by atoms with E-state index in [1.807, 2.05) is 0 Å². The first kappa shape index (κ1) is 21.9. The molecule has 3 aromatic rings. The molecule has 0 bridgehead atoms. The molecule has 6 heteroatoms. The SMILES string of the molecule is O=C(Cc1ccc(O)cc1)Nc1ncc(-c2ccc(F)cc2)nc1CCC1CCCCC1. The predicted molar refractivity (Wildman–Crippen MR) is 123 cm³/mol. The summed E-state index contributed by atoms with van der Waals surface area (Å²) in [6.45, 7) is 0. The molecule has 1 aliphatic rings. The molecule has 2 N–H and O–H groups in total. The molecule has 1 heterocycles. The van der Waals surface area contributed by atoms with Crippen molar-refractivity contribution in [3.63, 3.8) is 0 Å². The lowest BCUT2D eigenvalue weighted by molar-refractivity contribution is -0.115. The number of aromatic nitrogens is 2. The number of anilines is 1. The van der Waals surface area contributed by atoms with Crippen LogP contribution in [-0.2, 0) is 17.6 Å². The van der Waals surface area contributed by atoms with Crippen LogP contribution in [0.5, 0.6) is 5.75 Å². The van der Waals surface area contributed by atoms with Gasteiger partial charge in [0.2, 0.25) is 5.91 Å². The Morgan fingerprint density at radius 2 is 1.75 bits per heavy atom. The van der Waals surface area contributed by atoms with Crippen LogP contribution in [0.2, 0.25) is 0 Å². The number of phenols is 1. The van der Waals surface area contributed by atoms with Gasteiger partial charge in [0.25, 0.3) is 0 Å². The van der Waals surface area contributed by atoms with Gasteiger partial charge in [0.1, 0.15) is 11.6 Å². The summed E-state index contributed by atoms with van der Waals surface area (Å²) in [6, 6.07) is 12.8. The number of carbonyl (C=O) groups is 1. The first-order valence-corrected chi connectivity index (χ1v) is 11.3. The minimum atomic E-state index is -0.294. The van der Waals surface area contributed by atoms with Crippen molar-refractivity contribution in [1.82, 2.24) is 9.97 Å². The van der Waals surface area contributed by atoms with Crippen LogP contribution in [0.1, 0.15) is 49.8 Å². The highest BCUT2D eigenvalue weighted by molar-refractivity contribution is 5.92. The number of benzene rings is 2. The Morgan fingerprint density at radius 3 is 2.47 bits per heavy atom. The van der Waals surface area contributed by atoms with Crippen LogP contribution in [0.4, 0.5) is 10.2 Å². The number of aryl methyl sites for hydroxylation is 1. The molecule has 0 saturated heterocycles. The number of hydrogen-bond acceptors (Lipinski definition) is 4. The molecular formula is C26H28FN3O2. The van der Waals surface area contributed by atoms with Crippen LogP contribution in [0.15, 0.2) is 54.7 Å². The van der Waals surface area contributed by atoms with Gasteiger partial charge in [0.05, 0.1) is 24.0 Å². The fourth-order valence-corrected chi connectivity index (χ4v) is 4.26. The Bertz CT molecular complexity index is 1050. The highest BCUT2D eigenvalue weighted by Gasteiger charge is 2.17. The van der Waals surface area contributed by atoms with Crippen molar-refractivity contribution in [3.8, 4) is 17.0 Å². The van der Waals surface area contributed by atoms with Gasteiger partial charge in [-0.1, -0.05) is 44.2 Å². The average molecular weight is 434 g/mol. The van der Waals surface area contributed by atoms with Gasteiger partial charge in [0, 0.05) is 5.56 Å². The van der Waals surface area contributed by atoms with E-state index in [9.17, 15) is 14.3 Å². The largest absolute Gasteiger partial charge is 0.508 e. The molecule has 1 amide bonds. The summed E-state index contributed by atoms with van der Waals surface area (Å²) < 4.78 is 13.3. The van der Waals surface area contributed by atoms with Crippen LogP contribution in [0.25, 0.3) is 11.3 Å². The maximum Gasteiger partial charge on any atom is 0.229 e. The Kier molecular flexibility index (Phi) is 7.10. The van der Waals surface area contributed by atoms with E-state index >= 15 is 0 Å². The predicted octanol–water partition coefficient (Wildman–Crippen LogP) is 5.68. The van der Waals surface area contributed by atoms with Crippen LogP contribution in [-0.4, -0.2) is 21.0 Å². The molecule has 5 nitrogen and oxygen atoms in total. The fourth-order valence-electron chi connectivity index (χ4n) is 4.26. The highest BCUT2D eigenvalue weighted by Crippen LogP contribution is 2.29. The van der Waals surface area contributed by atoms with E-state index in [0.29, 0.717) is 17.4 Å². The molecule has 1 fully saturated rings. The summed E-state index contributed by atoms with van der Waals surface area (Å²) in [5.74, 6) is 0.855. The van der Waals surface area contributed by atoms with E-state index in [0.717, 1.165) is 29.7 Å². The van der Waals surface area contributed by atoms with E-state index < -0.39 is 0 Å². The van der Waals surface area contributed by atoms with Crippen LogP contribution in [0, 0.1) is 11.7 Å². The molecule has 0 spiro atoms. The van der Waals surface area contributed by atoms with E-state index in [4.69, 9.17) is 4.98 Å². The van der Waals surface area contributed by atoms with Gasteiger partial charge in [-0.05, 0) is 60.7 Å². The number of amides is 1. The summed E-state index contributed by atoms with van der Waals surface area (Å²) in [7, 11) is 0. The normalized spacial score (nSPS) is 14.3. The second kappa shape index (κ2) is 10.4. The maximum atomic E-state index is 13.3. The molecule has 32 heavy (non-hydrogen) atoms. The number of hydrogen-bond donors (Lipinski definition) is 2. The summed E-state index contributed by atoms with van der Waals surface area (Å²) in [4.78, 5) is 21.9. The summed E-state index contributed by atoms with van der Waals surface area (Å²) in [5.41, 5.74) is 3.02. The standard InChI is InChI=1S/C26H28FN3O2/c27-21-11-9-20(10-12-21)24-17-28-26(23(29-24)15-8-18-4-2-1-3-5-18)30-25(32)16-19-6-13-22(31)14-7-19/h6-7,9-14,17-18,31H,1-5,8,15-16H2,(H,28,30,32). The Labute approximate surface area is 187 Å². The number of rotatable bonds is 7. The quantitative estimate of drug-likeness (QED) is 0.502. The number of carbonyl (C=O) groups excluding carboxylic acids is 1. The second-order valence-electron chi connectivity index (χ2n) is 8.49. The molecule has 1 aliphatic carbocycles. The zero-order valence-electron chi connectivity index (χ0n) is 18.1. The fraction of sp³-hybridized carbons (Fsp3) is 0.346. The van der Waals surface area contributed by atoms with E-state index in [2.05, 4.69) is 10.3 Å². The zero-order chi connectivity index (χ0) is 22.3. The lowest BCUT2D eigenvalue weighted by Crippen LogP contribution is -2.18. The van der Waals surface area contributed by atoms with Crippen molar-refractivity contribution >= 4 is 11.7 Å². The second-order valence-corrected chi connectivity index (χ2v) is 8.49. The Morgan fingerprint density at radius 1 is 1.03 bits per heavy atom. The van der Waals surface area contributed by atoms with Crippen molar-refractivity contribution in [2.24, 2.45) is 5.92 Å². The molecule has 4 rings (SSSR count). The number of nitrogens with zero attached hydrogens (tertiary/aromatic N) is 2. The Hall–Kier alpha value is -3.28. The summed E-state index contributed by atoms with van der Waals surface area (Å²) in [6.07, 6.45) is 9.92. The van der Waals surface area contributed by atoms with Gasteiger partial charge in [-0.2, -0.15) is 0 Å². The molecule has 0 aliphatic heterocycles. The number of halogens is 1. The molecule has 0 radical (unpaired) electrons. The number of nitrogens with one attached hydrogen (secondary N) is 1. The van der Waals surface area contributed by atoms with Gasteiger partial charge in [-0.15, -0.1) is 0 Å². The molecule has 0 unspecified atom stereocenters. The van der Waals surface area contributed by atoms with E-state index in [-0.39, 0.29) is 23.9 Å². The van der Waals surface area contributed by atoms with Crippen molar-refractivity contribution in [1.29, 1.82) is 0 Å². The van der Waals surface area contributed by atoms with Crippen molar-refractivity contribution in [3.05, 3.63) is 71.8 Å². The minimum absolute atomic E-state index is 0.168. The lowest BCUT2D eigenvalue weighted by atomic mass is 9.86. The van der Waals surface area contributed by atoms with E-state index in [1.165, 1.54) is 44.2 Å². The first-order chi connectivity index (χ1) is 15.6. The van der Waals surface area contributed by atoms with Gasteiger partial charge in [-0.3, -0.25) is 4.79 Å².